The van der Waals surface area contributed by atoms with Gasteiger partial charge in [0.25, 0.3) is 0 Å². The fourth-order valence-electron chi connectivity index (χ4n) is 2.65. The van der Waals surface area contributed by atoms with Gasteiger partial charge in [0, 0.05) is 11.5 Å². The Morgan fingerprint density at radius 2 is 1.80 bits per heavy atom. The minimum absolute atomic E-state index is 0.0844. The van der Waals surface area contributed by atoms with Crippen molar-refractivity contribution in [3.8, 4) is 0 Å². The highest BCUT2D eigenvalue weighted by Gasteiger charge is 2.32. The van der Waals surface area contributed by atoms with Crippen molar-refractivity contribution in [2.75, 3.05) is 18.1 Å². The summed E-state index contributed by atoms with van der Waals surface area (Å²) in [7, 11) is 0. The molecule has 0 aliphatic rings. The van der Waals surface area contributed by atoms with E-state index in [1.165, 1.54) is 17.3 Å². The van der Waals surface area contributed by atoms with E-state index in [0.29, 0.717) is 6.42 Å². The summed E-state index contributed by atoms with van der Waals surface area (Å²) in [6.45, 7) is 5.75. The van der Waals surface area contributed by atoms with Crippen LogP contribution in [0.4, 0.5) is 0 Å². The number of esters is 1. The Balaban J connectivity index is 2.49. The Kier molecular flexibility index (Phi) is 9.50. The minimum Gasteiger partial charge on any atom is -0.462 e. The van der Waals surface area contributed by atoms with E-state index in [1.54, 1.807) is 0 Å². The number of aliphatic hydroxyl groups excluding tert-OH is 2. The maximum Gasteiger partial charge on any atom is 0.311 e. The van der Waals surface area contributed by atoms with Crippen LogP contribution in [0.25, 0.3) is 0 Å². The van der Waals surface area contributed by atoms with Crippen LogP contribution >= 0.6 is 11.8 Å². The number of hydrogen-bond acceptors (Lipinski definition) is 6. The monoisotopic (exact) mass is 370 g/mol. The molecule has 25 heavy (non-hydrogen) atoms. The lowest BCUT2D eigenvalue weighted by Crippen LogP contribution is -2.32. The van der Waals surface area contributed by atoms with Gasteiger partial charge in [-0.25, -0.2) is 0 Å². The van der Waals surface area contributed by atoms with E-state index in [0.717, 1.165) is 6.42 Å². The molecule has 0 aliphatic heterocycles. The molecule has 0 saturated heterocycles. The fourth-order valence-corrected chi connectivity index (χ4v) is 3.36. The van der Waals surface area contributed by atoms with E-state index in [2.05, 4.69) is 19.1 Å². The van der Waals surface area contributed by atoms with Gasteiger partial charge in [-0.3, -0.25) is 4.79 Å². The largest absolute Gasteiger partial charge is 0.462 e. The lowest BCUT2D eigenvalue weighted by molar-refractivity contribution is -0.157. The Bertz CT molecular complexity index is 504. The molecule has 0 bridgehead atoms. The molecule has 1 aromatic carbocycles. The minimum atomic E-state index is -1.40. The summed E-state index contributed by atoms with van der Waals surface area (Å²) in [5.41, 5.74) is 0.565. The van der Waals surface area contributed by atoms with Crippen molar-refractivity contribution in [1.82, 2.24) is 0 Å². The smallest absolute Gasteiger partial charge is 0.311 e. The molecule has 1 aromatic rings. The number of rotatable bonds is 11. The molecule has 0 heterocycles. The number of carbonyl (C=O) groups is 1. The Labute approximate surface area is 154 Å². The highest BCUT2D eigenvalue weighted by atomic mass is 32.2. The average Bonchev–Trinajstić information content (AvgIpc) is 2.58. The first kappa shape index (κ1) is 22.0. The predicted octanol–water partition coefficient (Wildman–Crippen LogP) is 2.54. The van der Waals surface area contributed by atoms with Crippen LogP contribution in [0.2, 0.25) is 0 Å². The second-order valence-corrected chi connectivity index (χ2v) is 7.95. The molecule has 0 aliphatic carbocycles. The molecular weight excluding hydrogens is 340 g/mol. The topological polar surface area (TPSA) is 87.0 Å². The molecule has 6 heteroatoms. The predicted molar refractivity (Wildman–Crippen MR) is 100 cm³/mol. The van der Waals surface area contributed by atoms with Crippen molar-refractivity contribution in [2.24, 2.45) is 5.41 Å². The first-order chi connectivity index (χ1) is 11.8. The molecule has 0 spiro atoms. The summed E-state index contributed by atoms with van der Waals surface area (Å²) in [5, 5.41) is 27.3. The van der Waals surface area contributed by atoms with Gasteiger partial charge < -0.3 is 20.1 Å². The molecule has 0 amide bonds. The number of benzene rings is 1. The van der Waals surface area contributed by atoms with Crippen LogP contribution in [0.3, 0.4) is 0 Å². The van der Waals surface area contributed by atoms with Gasteiger partial charge in [-0.1, -0.05) is 37.3 Å². The van der Waals surface area contributed by atoms with E-state index in [9.17, 15) is 9.90 Å². The zero-order valence-electron chi connectivity index (χ0n) is 15.2. The number of hydrogen-bond donors (Lipinski definition) is 3. The van der Waals surface area contributed by atoms with Crippen molar-refractivity contribution in [3.05, 3.63) is 35.9 Å². The zero-order valence-corrected chi connectivity index (χ0v) is 16.0. The molecule has 1 rings (SSSR count). The van der Waals surface area contributed by atoms with Crippen molar-refractivity contribution >= 4 is 17.7 Å². The lowest BCUT2D eigenvalue weighted by atomic mass is 9.79. The van der Waals surface area contributed by atoms with Crippen molar-refractivity contribution in [3.63, 3.8) is 0 Å². The Morgan fingerprint density at radius 1 is 1.16 bits per heavy atom. The average molecular weight is 371 g/mol. The quantitative estimate of drug-likeness (QED) is 0.410. The van der Waals surface area contributed by atoms with Gasteiger partial charge in [-0.2, -0.15) is 11.8 Å². The molecule has 0 radical (unpaired) electrons. The summed E-state index contributed by atoms with van der Waals surface area (Å²) >= 11 is 1.20. The summed E-state index contributed by atoms with van der Waals surface area (Å²) < 4.78 is 5.28. The Morgan fingerprint density at radius 3 is 2.36 bits per heavy atom. The Hall–Kier alpha value is -1.08. The number of thioether (sulfide) groups is 1. The number of carbonyl (C=O) groups excluding carboxylic acids is 1. The molecule has 2 atom stereocenters. The van der Waals surface area contributed by atoms with Crippen LogP contribution in [0, 0.1) is 5.41 Å². The van der Waals surface area contributed by atoms with Gasteiger partial charge in [0.15, 0.2) is 6.29 Å². The standard InChI is InChI=1S/C19H30O5S/c1-4-14(15-8-6-5-7-9-15)10-19(2,3)18(23)24-11-16(20)12-25-13-17(21)22/h5-9,14,16-17,20-22H,4,10-13H2,1-3H3. The molecule has 2 unspecified atom stereocenters. The summed E-state index contributed by atoms with van der Waals surface area (Å²) in [6, 6.07) is 10.1. The van der Waals surface area contributed by atoms with Gasteiger partial charge in [0.2, 0.25) is 0 Å². The fraction of sp³-hybridized carbons (Fsp3) is 0.632. The van der Waals surface area contributed by atoms with Crippen LogP contribution in [-0.2, 0) is 9.53 Å². The molecule has 0 fully saturated rings. The normalized spacial score (nSPS) is 14.4. The van der Waals surface area contributed by atoms with Crippen molar-refractivity contribution in [1.29, 1.82) is 0 Å². The summed E-state index contributed by atoms with van der Waals surface area (Å²) in [4.78, 5) is 12.4. The molecule has 5 nitrogen and oxygen atoms in total. The third-order valence-electron chi connectivity index (χ3n) is 4.06. The van der Waals surface area contributed by atoms with Gasteiger partial charge in [0.05, 0.1) is 11.5 Å². The van der Waals surface area contributed by atoms with Gasteiger partial charge >= 0.3 is 5.97 Å². The second-order valence-electron chi connectivity index (χ2n) is 6.87. The second kappa shape index (κ2) is 10.8. The number of aliphatic hydroxyl groups is 3. The van der Waals surface area contributed by atoms with Crippen LogP contribution in [0.1, 0.15) is 45.1 Å². The zero-order chi connectivity index (χ0) is 18.9. The van der Waals surface area contributed by atoms with E-state index in [4.69, 9.17) is 14.9 Å². The van der Waals surface area contributed by atoms with E-state index in [-0.39, 0.29) is 30.0 Å². The SMILES string of the molecule is CCC(CC(C)(C)C(=O)OCC(O)CSCC(O)O)c1ccccc1. The van der Waals surface area contributed by atoms with E-state index >= 15 is 0 Å². The molecule has 3 N–H and O–H groups in total. The van der Waals surface area contributed by atoms with Crippen LogP contribution < -0.4 is 0 Å². The highest BCUT2D eigenvalue weighted by Crippen LogP contribution is 2.34. The molecule has 0 saturated carbocycles. The maximum atomic E-state index is 12.4. The number of ether oxygens (including phenoxy) is 1. The third kappa shape index (κ3) is 8.23. The van der Waals surface area contributed by atoms with Crippen LogP contribution in [0.15, 0.2) is 30.3 Å². The van der Waals surface area contributed by atoms with Crippen molar-refractivity contribution < 1.29 is 24.9 Å². The highest BCUT2D eigenvalue weighted by molar-refractivity contribution is 7.99. The van der Waals surface area contributed by atoms with E-state index < -0.39 is 17.8 Å². The molecular formula is C19H30O5S. The third-order valence-corrected chi connectivity index (χ3v) is 5.21. The van der Waals surface area contributed by atoms with Gasteiger partial charge in [-0.05, 0) is 38.2 Å². The van der Waals surface area contributed by atoms with Crippen LogP contribution in [-0.4, -0.2) is 51.8 Å². The van der Waals surface area contributed by atoms with Crippen LogP contribution in [0.5, 0.6) is 0 Å². The first-order valence-corrected chi connectivity index (χ1v) is 9.75. The first-order valence-electron chi connectivity index (χ1n) is 8.60. The lowest BCUT2D eigenvalue weighted by Gasteiger charge is -2.28. The van der Waals surface area contributed by atoms with E-state index in [1.807, 2.05) is 32.0 Å². The van der Waals surface area contributed by atoms with Crippen molar-refractivity contribution in [2.45, 2.75) is 51.9 Å². The molecule has 0 aromatic heterocycles. The molecule has 142 valence electrons. The van der Waals surface area contributed by atoms with Gasteiger partial charge in [0.1, 0.15) is 6.61 Å². The van der Waals surface area contributed by atoms with Gasteiger partial charge in [-0.15, -0.1) is 0 Å². The summed E-state index contributed by atoms with van der Waals surface area (Å²) in [6.07, 6.45) is -0.612. The maximum absolute atomic E-state index is 12.4. The summed E-state index contributed by atoms with van der Waals surface area (Å²) in [5.74, 6) is 0.349.